The normalized spacial score (nSPS) is 19.3. The second kappa shape index (κ2) is 14.4. The Balaban J connectivity index is 1.19. The molecule has 1 spiro atoms. The number of benzene rings is 3. The van der Waals surface area contributed by atoms with Crippen LogP contribution >= 0.6 is 11.6 Å². The van der Waals surface area contributed by atoms with Crippen LogP contribution in [0.25, 0.3) is 0 Å². The van der Waals surface area contributed by atoms with Gasteiger partial charge in [-0.1, -0.05) is 66.2 Å². The van der Waals surface area contributed by atoms with E-state index in [1.165, 1.54) is 5.56 Å². The molecular formula is C37H43ClN6O4. The Kier molecular flexibility index (Phi) is 10.0. The first-order valence-electron chi connectivity index (χ1n) is 16.7. The minimum Gasteiger partial charge on any atom is -0.352 e. The Morgan fingerprint density at radius 1 is 0.917 bits per heavy atom. The van der Waals surface area contributed by atoms with Gasteiger partial charge < -0.3 is 30.7 Å². The van der Waals surface area contributed by atoms with Crippen molar-refractivity contribution >= 4 is 40.9 Å². The third-order valence-corrected chi connectivity index (χ3v) is 9.89. The Labute approximate surface area is 286 Å². The van der Waals surface area contributed by atoms with Gasteiger partial charge in [-0.2, -0.15) is 0 Å². The minimum atomic E-state index is -0.884. The summed E-state index contributed by atoms with van der Waals surface area (Å²) in [6.07, 6.45) is 1.65. The molecule has 0 aromatic heterocycles. The summed E-state index contributed by atoms with van der Waals surface area (Å²) in [6.45, 7) is 5.29. The van der Waals surface area contributed by atoms with Crippen LogP contribution in [0.3, 0.4) is 0 Å². The molecule has 6 rings (SSSR count). The predicted molar refractivity (Wildman–Crippen MR) is 185 cm³/mol. The van der Waals surface area contributed by atoms with E-state index in [0.29, 0.717) is 50.3 Å². The van der Waals surface area contributed by atoms with Crippen molar-refractivity contribution in [2.75, 3.05) is 31.2 Å². The number of hydrogen-bond donors (Lipinski definition) is 3. The van der Waals surface area contributed by atoms with Gasteiger partial charge in [0.1, 0.15) is 18.1 Å². The van der Waals surface area contributed by atoms with Gasteiger partial charge in [0.2, 0.25) is 17.7 Å². The number of nitrogens with zero attached hydrogens (tertiary/aromatic N) is 3. The van der Waals surface area contributed by atoms with Crippen molar-refractivity contribution in [2.45, 2.75) is 69.7 Å². The van der Waals surface area contributed by atoms with Crippen molar-refractivity contribution in [3.05, 3.63) is 101 Å². The smallest absolute Gasteiger partial charge is 0.250 e. The second-order valence-electron chi connectivity index (χ2n) is 13.3. The number of halogens is 1. The summed E-state index contributed by atoms with van der Waals surface area (Å²) in [5.41, 5.74) is 3.18. The van der Waals surface area contributed by atoms with Crippen LogP contribution in [0.15, 0.2) is 78.9 Å². The lowest BCUT2D eigenvalue weighted by atomic mass is 9.85. The van der Waals surface area contributed by atoms with Crippen LogP contribution in [0, 0.1) is 0 Å². The maximum Gasteiger partial charge on any atom is 0.250 e. The Morgan fingerprint density at radius 3 is 2.27 bits per heavy atom. The topological polar surface area (TPSA) is 114 Å². The van der Waals surface area contributed by atoms with Crippen molar-refractivity contribution in [3.63, 3.8) is 0 Å². The van der Waals surface area contributed by atoms with Crippen LogP contribution in [0.1, 0.15) is 43.4 Å². The van der Waals surface area contributed by atoms with Crippen molar-refractivity contribution in [1.29, 1.82) is 0 Å². The summed E-state index contributed by atoms with van der Waals surface area (Å²) < 4.78 is 0. The van der Waals surface area contributed by atoms with Crippen LogP contribution in [0.5, 0.6) is 0 Å². The molecule has 4 amide bonds. The predicted octanol–water partition coefficient (Wildman–Crippen LogP) is 3.27. The summed E-state index contributed by atoms with van der Waals surface area (Å²) >= 11 is 6.14. The van der Waals surface area contributed by atoms with Crippen LogP contribution in [-0.4, -0.2) is 83.4 Å². The Hall–Kier alpha value is -4.41. The van der Waals surface area contributed by atoms with Gasteiger partial charge in [0.05, 0.1) is 12.7 Å². The van der Waals surface area contributed by atoms with Crippen molar-refractivity contribution in [3.8, 4) is 0 Å². The average Bonchev–Trinajstić information content (AvgIpc) is 3.34. The molecule has 2 saturated heterocycles. The highest BCUT2D eigenvalue weighted by molar-refractivity contribution is 6.30. The Bertz CT molecular complexity index is 1640. The lowest BCUT2D eigenvalue weighted by Crippen LogP contribution is -2.60. The molecule has 2 fully saturated rings. The number of para-hydroxylation sites is 1. The quantitative estimate of drug-likeness (QED) is 0.322. The van der Waals surface area contributed by atoms with E-state index in [2.05, 4.69) is 26.9 Å². The fraction of sp³-hybridized carbons (Fsp3) is 0.405. The lowest BCUT2D eigenvalue weighted by molar-refractivity contribution is -0.141. The molecule has 252 valence electrons. The first kappa shape index (κ1) is 33.5. The van der Waals surface area contributed by atoms with Gasteiger partial charge in [-0.15, -0.1) is 0 Å². The maximum absolute atomic E-state index is 14.2. The summed E-state index contributed by atoms with van der Waals surface area (Å²) in [4.78, 5) is 60.1. The lowest BCUT2D eigenvalue weighted by Gasteiger charge is -2.44. The van der Waals surface area contributed by atoms with Gasteiger partial charge >= 0.3 is 0 Å². The van der Waals surface area contributed by atoms with E-state index in [1.807, 2.05) is 74.5 Å². The molecule has 3 aromatic rings. The summed E-state index contributed by atoms with van der Waals surface area (Å²) in [5, 5.41) is 9.88. The number of fused-ring (bicyclic) bond motifs is 1. The molecule has 2 atom stereocenters. The van der Waals surface area contributed by atoms with E-state index in [9.17, 15) is 19.2 Å². The number of carbonyl (C=O) groups is 4. The highest BCUT2D eigenvalue weighted by Crippen LogP contribution is 2.39. The maximum atomic E-state index is 14.2. The molecule has 3 heterocycles. The summed E-state index contributed by atoms with van der Waals surface area (Å²) in [7, 11) is 0. The third kappa shape index (κ3) is 7.19. The first-order chi connectivity index (χ1) is 23.1. The molecule has 3 aromatic carbocycles. The zero-order valence-corrected chi connectivity index (χ0v) is 28.2. The molecular weight excluding hydrogens is 628 g/mol. The molecule has 10 nitrogen and oxygen atoms in total. The number of piperidine rings is 1. The molecule has 3 aliphatic heterocycles. The average molecular weight is 671 g/mol. The number of likely N-dealkylation sites (tertiary alicyclic amines) is 1. The van der Waals surface area contributed by atoms with Crippen molar-refractivity contribution < 1.29 is 19.2 Å². The molecule has 3 aliphatic rings. The second-order valence-corrected chi connectivity index (χ2v) is 13.7. The largest absolute Gasteiger partial charge is 0.352 e. The zero-order valence-electron chi connectivity index (χ0n) is 27.5. The van der Waals surface area contributed by atoms with Crippen LogP contribution in [-0.2, 0) is 38.6 Å². The van der Waals surface area contributed by atoms with Crippen LogP contribution in [0.4, 0.5) is 5.69 Å². The fourth-order valence-corrected chi connectivity index (χ4v) is 7.28. The van der Waals surface area contributed by atoms with Gasteiger partial charge in [0.15, 0.2) is 0 Å². The van der Waals surface area contributed by atoms with Crippen LogP contribution in [0.2, 0.25) is 5.02 Å². The molecule has 48 heavy (non-hydrogen) atoms. The van der Waals surface area contributed by atoms with Crippen LogP contribution < -0.4 is 20.9 Å². The van der Waals surface area contributed by atoms with Gasteiger partial charge in [-0.3, -0.25) is 19.2 Å². The molecule has 0 saturated carbocycles. The van der Waals surface area contributed by atoms with E-state index >= 15 is 0 Å². The van der Waals surface area contributed by atoms with Gasteiger partial charge in [-0.25, -0.2) is 0 Å². The van der Waals surface area contributed by atoms with Gasteiger partial charge in [0, 0.05) is 42.8 Å². The molecule has 0 radical (unpaired) electrons. The van der Waals surface area contributed by atoms with E-state index < -0.39 is 17.6 Å². The molecule has 0 unspecified atom stereocenters. The molecule has 11 heteroatoms. The Morgan fingerprint density at radius 2 is 1.58 bits per heavy atom. The van der Waals surface area contributed by atoms with E-state index in [4.69, 9.17) is 11.6 Å². The highest BCUT2D eigenvalue weighted by Gasteiger charge is 2.54. The number of nitrogens with one attached hydrogen (secondary N) is 3. The van der Waals surface area contributed by atoms with Gasteiger partial charge in [-0.05, 0) is 74.1 Å². The van der Waals surface area contributed by atoms with Crippen molar-refractivity contribution in [1.82, 2.24) is 25.8 Å². The number of hydrogen-bond acceptors (Lipinski definition) is 6. The number of amides is 4. The standard InChI is InChI=1S/C37H43ClN6O4/c1-25(2)40-33(45)23-43-24-44(30-10-4-3-5-11-30)37(36(43)48)16-18-42(19-17-37)35(47)32(20-26-12-14-29(38)15-13-26)41-34(46)31-21-27-8-6-7-9-28(27)22-39-31/h3-15,25,31-32,39H,16-24H2,1-2H3,(H,40,45)(H,41,46)/t31-,32-/m1/s1. The zero-order chi connectivity index (χ0) is 33.8. The first-order valence-corrected chi connectivity index (χ1v) is 17.1. The van der Waals surface area contributed by atoms with Crippen molar-refractivity contribution in [2.24, 2.45) is 0 Å². The number of anilines is 1. The summed E-state index contributed by atoms with van der Waals surface area (Å²) in [6, 6.07) is 23.8. The van der Waals surface area contributed by atoms with Gasteiger partial charge in [0.25, 0.3) is 5.91 Å². The fourth-order valence-electron chi connectivity index (χ4n) is 7.15. The minimum absolute atomic E-state index is 0.0282. The summed E-state index contributed by atoms with van der Waals surface area (Å²) in [5.74, 6) is -0.712. The van der Waals surface area contributed by atoms with E-state index in [0.717, 1.165) is 16.8 Å². The monoisotopic (exact) mass is 670 g/mol. The SMILES string of the molecule is CC(C)NC(=O)CN1CN(c2ccccc2)C2(CCN(C(=O)[C@@H](Cc3ccc(Cl)cc3)NC(=O)[C@H]3Cc4ccccc4CN3)CC2)C1=O. The third-order valence-electron chi connectivity index (χ3n) is 9.63. The highest BCUT2D eigenvalue weighted by atomic mass is 35.5. The molecule has 3 N–H and O–H groups in total. The molecule has 0 bridgehead atoms. The van der Waals surface area contributed by atoms with E-state index in [1.54, 1.807) is 21.9 Å². The molecule has 0 aliphatic carbocycles. The number of rotatable bonds is 9. The number of carbonyl (C=O) groups excluding carboxylic acids is 4. The van der Waals surface area contributed by atoms with E-state index in [-0.39, 0.29) is 42.9 Å².